The summed E-state index contributed by atoms with van der Waals surface area (Å²) in [5.74, 6) is -0.670. The van der Waals surface area contributed by atoms with E-state index in [1.807, 2.05) is 30.3 Å². The number of nitrogens with zero attached hydrogens (tertiary/aromatic N) is 2. The van der Waals surface area contributed by atoms with Gasteiger partial charge in [-0.15, -0.1) is 0 Å². The Labute approximate surface area is 215 Å². The summed E-state index contributed by atoms with van der Waals surface area (Å²) in [5.41, 5.74) is 3.55. The summed E-state index contributed by atoms with van der Waals surface area (Å²) in [6, 6.07) is 20.4. The van der Waals surface area contributed by atoms with Crippen molar-refractivity contribution in [3.63, 3.8) is 0 Å². The summed E-state index contributed by atoms with van der Waals surface area (Å²) in [5, 5.41) is 12.8. The zero-order valence-electron chi connectivity index (χ0n) is 18.9. The second kappa shape index (κ2) is 11.0. The van der Waals surface area contributed by atoms with E-state index in [9.17, 15) is 19.7 Å². The molecule has 0 bridgehead atoms. The third kappa shape index (κ3) is 5.53. The van der Waals surface area contributed by atoms with Crippen molar-refractivity contribution in [2.75, 3.05) is 7.11 Å². The number of ether oxygens (including phenoxy) is 2. The molecule has 3 aromatic carbocycles. The number of hydrazine groups is 1. The Hall–Kier alpha value is -4.22. The molecule has 1 saturated heterocycles. The van der Waals surface area contributed by atoms with Crippen LogP contribution in [-0.4, -0.2) is 33.2 Å². The normalized spacial score (nSPS) is 14.1. The highest BCUT2D eigenvalue weighted by Gasteiger charge is 2.34. The lowest BCUT2D eigenvalue weighted by Gasteiger charge is -2.15. The summed E-state index contributed by atoms with van der Waals surface area (Å²) in [4.78, 5) is 36.8. The number of carbonyl (C=O) groups is 2. The first-order valence-corrected chi connectivity index (χ1v) is 11.8. The molecule has 2 amide bonds. The van der Waals surface area contributed by atoms with Gasteiger partial charge in [0.1, 0.15) is 6.61 Å². The molecule has 1 fully saturated rings. The number of nitrogens with one attached hydrogen (secondary N) is 1. The molecule has 0 radical (unpaired) electrons. The lowest BCUT2D eigenvalue weighted by Crippen LogP contribution is -2.44. The fourth-order valence-corrected chi connectivity index (χ4v) is 4.48. The van der Waals surface area contributed by atoms with E-state index < -0.39 is 16.7 Å². The van der Waals surface area contributed by atoms with E-state index in [0.29, 0.717) is 5.56 Å². The van der Waals surface area contributed by atoms with Crippen LogP contribution in [0, 0.1) is 10.1 Å². The standard InChI is InChI=1S/C25H19N3O6S2/c1-33-20-12-18(19(28(31)32)14-21(20)34-15-16-8-4-2-5-9-16)13-22-24(30)27(25(35)36-22)26-23(29)17-10-6-3-7-11-17/h2-14H,15H2,1H3,(H,26,29)/b22-13+. The Morgan fingerprint density at radius 3 is 2.42 bits per heavy atom. The molecule has 0 spiro atoms. The number of rotatable bonds is 8. The van der Waals surface area contributed by atoms with Crippen molar-refractivity contribution in [1.82, 2.24) is 10.4 Å². The minimum absolute atomic E-state index is 0.0907. The van der Waals surface area contributed by atoms with E-state index in [1.165, 1.54) is 25.3 Å². The Bertz CT molecular complexity index is 1360. The molecule has 3 aromatic rings. The first kappa shape index (κ1) is 24.9. The van der Waals surface area contributed by atoms with E-state index in [4.69, 9.17) is 21.7 Å². The van der Waals surface area contributed by atoms with Gasteiger partial charge < -0.3 is 9.47 Å². The van der Waals surface area contributed by atoms with Gasteiger partial charge in [0.25, 0.3) is 17.5 Å². The number of hydrogen-bond acceptors (Lipinski definition) is 8. The van der Waals surface area contributed by atoms with Gasteiger partial charge in [0.2, 0.25) is 0 Å². The molecule has 1 aliphatic heterocycles. The van der Waals surface area contributed by atoms with Gasteiger partial charge in [-0.25, -0.2) is 0 Å². The number of methoxy groups -OCH3 is 1. The molecule has 4 rings (SSSR count). The molecule has 36 heavy (non-hydrogen) atoms. The molecule has 0 aliphatic carbocycles. The van der Waals surface area contributed by atoms with E-state index in [-0.39, 0.29) is 38.6 Å². The van der Waals surface area contributed by atoms with E-state index in [1.54, 1.807) is 30.3 Å². The number of benzene rings is 3. The zero-order valence-corrected chi connectivity index (χ0v) is 20.5. The topological polar surface area (TPSA) is 111 Å². The van der Waals surface area contributed by atoms with E-state index in [0.717, 1.165) is 22.3 Å². The Morgan fingerprint density at radius 2 is 1.78 bits per heavy atom. The number of hydrogen-bond donors (Lipinski definition) is 1. The van der Waals surface area contributed by atoms with Crippen LogP contribution in [-0.2, 0) is 11.4 Å². The molecular formula is C25H19N3O6S2. The second-order valence-electron chi connectivity index (χ2n) is 7.42. The monoisotopic (exact) mass is 521 g/mol. The average molecular weight is 522 g/mol. The maximum Gasteiger partial charge on any atom is 0.285 e. The van der Waals surface area contributed by atoms with Crippen LogP contribution >= 0.6 is 24.0 Å². The van der Waals surface area contributed by atoms with Crippen molar-refractivity contribution in [3.8, 4) is 11.5 Å². The highest BCUT2D eigenvalue weighted by Crippen LogP contribution is 2.39. The van der Waals surface area contributed by atoms with Crippen LogP contribution in [0.2, 0.25) is 0 Å². The summed E-state index contributed by atoms with van der Waals surface area (Å²) in [6.45, 7) is 0.188. The minimum atomic E-state index is -0.605. The Morgan fingerprint density at radius 1 is 1.11 bits per heavy atom. The molecule has 182 valence electrons. The molecule has 9 nitrogen and oxygen atoms in total. The maximum absolute atomic E-state index is 13.0. The van der Waals surface area contributed by atoms with Crippen LogP contribution in [0.1, 0.15) is 21.5 Å². The average Bonchev–Trinajstić information content (AvgIpc) is 3.15. The van der Waals surface area contributed by atoms with Crippen molar-refractivity contribution >= 4 is 51.9 Å². The molecule has 0 atom stereocenters. The van der Waals surface area contributed by atoms with Gasteiger partial charge in [0.05, 0.1) is 28.6 Å². The van der Waals surface area contributed by atoms with Gasteiger partial charge in [-0.1, -0.05) is 60.3 Å². The Kier molecular flexibility index (Phi) is 7.62. The van der Waals surface area contributed by atoms with E-state index in [2.05, 4.69) is 5.43 Å². The predicted molar refractivity (Wildman–Crippen MR) is 139 cm³/mol. The van der Waals surface area contributed by atoms with Gasteiger partial charge >= 0.3 is 0 Å². The fourth-order valence-electron chi connectivity index (χ4n) is 3.31. The highest BCUT2D eigenvalue weighted by molar-refractivity contribution is 8.26. The first-order chi connectivity index (χ1) is 17.4. The Balaban J connectivity index is 1.59. The summed E-state index contributed by atoms with van der Waals surface area (Å²) in [7, 11) is 1.42. The summed E-state index contributed by atoms with van der Waals surface area (Å²) >= 11 is 6.17. The molecular weight excluding hydrogens is 502 g/mol. The predicted octanol–water partition coefficient (Wildman–Crippen LogP) is 4.73. The molecule has 1 heterocycles. The maximum atomic E-state index is 13.0. The summed E-state index contributed by atoms with van der Waals surface area (Å²) < 4.78 is 11.2. The largest absolute Gasteiger partial charge is 0.493 e. The van der Waals surface area contributed by atoms with Crippen LogP contribution in [0.5, 0.6) is 11.5 Å². The smallest absolute Gasteiger partial charge is 0.285 e. The number of nitro groups is 1. The number of carbonyl (C=O) groups excluding carboxylic acids is 2. The fraction of sp³-hybridized carbons (Fsp3) is 0.0800. The van der Waals surface area contributed by atoms with Crippen LogP contribution in [0.25, 0.3) is 6.08 Å². The highest BCUT2D eigenvalue weighted by atomic mass is 32.2. The SMILES string of the molecule is COc1cc(/C=C2/SC(=S)N(NC(=O)c3ccccc3)C2=O)c([N+](=O)[O-])cc1OCc1ccccc1. The van der Waals surface area contributed by atoms with Gasteiger partial charge in [-0.3, -0.25) is 25.1 Å². The van der Waals surface area contributed by atoms with Crippen molar-refractivity contribution in [2.24, 2.45) is 0 Å². The zero-order chi connectivity index (χ0) is 25.7. The van der Waals surface area contributed by atoms with Crippen molar-refractivity contribution in [2.45, 2.75) is 6.61 Å². The molecule has 0 unspecified atom stereocenters. The molecule has 0 aromatic heterocycles. The van der Waals surface area contributed by atoms with Crippen LogP contribution < -0.4 is 14.9 Å². The number of amides is 2. The third-order valence-corrected chi connectivity index (χ3v) is 6.38. The minimum Gasteiger partial charge on any atom is -0.493 e. The molecule has 1 aliphatic rings. The molecule has 11 heteroatoms. The van der Waals surface area contributed by atoms with Crippen molar-refractivity contribution in [1.29, 1.82) is 0 Å². The van der Waals surface area contributed by atoms with Gasteiger partial charge in [0, 0.05) is 5.56 Å². The van der Waals surface area contributed by atoms with Crippen LogP contribution in [0.15, 0.2) is 77.7 Å². The van der Waals surface area contributed by atoms with Crippen LogP contribution in [0.3, 0.4) is 0 Å². The quantitative estimate of drug-likeness (QED) is 0.196. The molecule has 1 N–H and O–H groups in total. The van der Waals surface area contributed by atoms with Crippen LogP contribution in [0.4, 0.5) is 5.69 Å². The lowest BCUT2D eigenvalue weighted by atomic mass is 10.1. The van der Waals surface area contributed by atoms with Gasteiger partial charge in [-0.2, -0.15) is 5.01 Å². The molecule has 0 saturated carbocycles. The second-order valence-corrected chi connectivity index (χ2v) is 9.09. The third-order valence-electron chi connectivity index (χ3n) is 5.08. The van der Waals surface area contributed by atoms with Gasteiger partial charge in [-0.05, 0) is 42.1 Å². The van der Waals surface area contributed by atoms with E-state index >= 15 is 0 Å². The number of thiocarbonyl (C=S) groups is 1. The summed E-state index contributed by atoms with van der Waals surface area (Å²) in [6.07, 6.45) is 1.34. The van der Waals surface area contributed by atoms with Crippen molar-refractivity contribution < 1.29 is 24.0 Å². The first-order valence-electron chi connectivity index (χ1n) is 10.5. The van der Waals surface area contributed by atoms with Crippen molar-refractivity contribution in [3.05, 3.63) is 105 Å². The lowest BCUT2D eigenvalue weighted by molar-refractivity contribution is -0.385. The van der Waals surface area contributed by atoms with Gasteiger partial charge in [0.15, 0.2) is 15.8 Å². The number of thioether (sulfide) groups is 1. The number of nitro benzene ring substituents is 1.